The van der Waals surface area contributed by atoms with Crippen LogP contribution < -0.4 is 0 Å². The molecule has 0 heterocycles. The average molecular weight is 160 g/mol. The van der Waals surface area contributed by atoms with Crippen molar-refractivity contribution >= 4 is 23.1 Å². The molecule has 4 heteroatoms. The summed E-state index contributed by atoms with van der Waals surface area (Å²) in [4.78, 5) is 0. The van der Waals surface area contributed by atoms with Gasteiger partial charge in [-0.25, -0.2) is 0 Å². The maximum absolute atomic E-state index is 0. The Morgan fingerprint density at radius 1 is 1.00 bits per heavy atom. The largest absolute Gasteiger partial charge is 0.412 e. The van der Waals surface area contributed by atoms with Gasteiger partial charge in [0, 0.05) is 34.4 Å². The molecular formula is H4CrCuMgO. The Balaban J connectivity index is 0. The second-order valence-corrected chi connectivity index (χ2v) is 0. The molecule has 0 spiro atoms. The molecule has 0 aliphatic rings. The third-order valence-corrected chi connectivity index (χ3v) is 0. The molecular weight excluding hydrogens is 156 g/mol. The maximum atomic E-state index is 0. The monoisotopic (exact) mass is 159 g/mol. The van der Waals surface area contributed by atoms with Crippen LogP contribution in [0.1, 0.15) is 0 Å². The molecule has 0 saturated carbocycles. The van der Waals surface area contributed by atoms with E-state index in [0.717, 1.165) is 0 Å². The molecule has 0 bridgehead atoms. The van der Waals surface area contributed by atoms with Gasteiger partial charge < -0.3 is 5.48 Å². The summed E-state index contributed by atoms with van der Waals surface area (Å²) in [6, 6.07) is 0. The van der Waals surface area contributed by atoms with E-state index in [9.17, 15) is 0 Å². The van der Waals surface area contributed by atoms with Crippen molar-refractivity contribution in [2.75, 3.05) is 0 Å². The first-order valence-electron chi connectivity index (χ1n) is 0. The summed E-state index contributed by atoms with van der Waals surface area (Å²) >= 11 is 0. The van der Waals surface area contributed by atoms with Gasteiger partial charge in [0.15, 0.2) is 0 Å². The molecule has 0 aromatic carbocycles. The third kappa shape index (κ3) is 9.22. The number of hydrogen-bond acceptors (Lipinski definition) is 0. The van der Waals surface area contributed by atoms with Crippen LogP contribution in [0.15, 0.2) is 0 Å². The van der Waals surface area contributed by atoms with Gasteiger partial charge in [-0.3, -0.25) is 0 Å². The van der Waals surface area contributed by atoms with E-state index < -0.39 is 0 Å². The van der Waals surface area contributed by atoms with E-state index in [1.807, 2.05) is 0 Å². The molecule has 4 heavy (non-hydrogen) atoms. The smallest absolute Gasteiger partial charge is 0.316 e. The van der Waals surface area contributed by atoms with Crippen molar-refractivity contribution in [2.45, 2.75) is 0 Å². The fraction of sp³-hybridized carbons (Fsp3) is 0. The minimum atomic E-state index is 0. The fourth-order valence-corrected chi connectivity index (χ4v) is 0. The second kappa shape index (κ2) is 21.6. The summed E-state index contributed by atoms with van der Waals surface area (Å²) in [6.45, 7) is 0. The molecule has 0 unspecified atom stereocenters. The predicted octanol–water partition coefficient (Wildman–Crippen LogP) is -1.75. The molecule has 0 aromatic rings. The summed E-state index contributed by atoms with van der Waals surface area (Å²) in [6.07, 6.45) is 0. The van der Waals surface area contributed by atoms with Crippen LogP contribution in [-0.4, -0.2) is 28.5 Å². The van der Waals surface area contributed by atoms with Crippen molar-refractivity contribution in [3.8, 4) is 0 Å². The van der Waals surface area contributed by atoms with Gasteiger partial charge in [-0.05, 0) is 0 Å². The van der Waals surface area contributed by atoms with Crippen molar-refractivity contribution in [2.24, 2.45) is 0 Å². The molecule has 2 N–H and O–H groups in total. The van der Waals surface area contributed by atoms with Crippen LogP contribution in [0.25, 0.3) is 0 Å². The van der Waals surface area contributed by atoms with Gasteiger partial charge in [0.2, 0.25) is 0 Å². The topological polar surface area (TPSA) is 31.5 Å². The van der Waals surface area contributed by atoms with Crippen LogP contribution in [0.4, 0.5) is 0 Å². The first-order valence-corrected chi connectivity index (χ1v) is 0. The molecule has 0 amide bonds. The van der Waals surface area contributed by atoms with E-state index in [1.54, 1.807) is 0 Å². The van der Waals surface area contributed by atoms with E-state index >= 15 is 0 Å². The SMILES string of the molecule is O.[Cr].[Cu].[MgH2]. The zero-order chi connectivity index (χ0) is 0. The van der Waals surface area contributed by atoms with Crippen LogP contribution in [-0.2, 0) is 34.4 Å². The van der Waals surface area contributed by atoms with Crippen LogP contribution in [0, 0.1) is 0 Å². The van der Waals surface area contributed by atoms with Crippen molar-refractivity contribution in [1.82, 2.24) is 0 Å². The van der Waals surface area contributed by atoms with Crippen LogP contribution in [0.3, 0.4) is 0 Å². The second-order valence-electron chi connectivity index (χ2n) is 0. The summed E-state index contributed by atoms with van der Waals surface area (Å²) in [7, 11) is 0. The molecule has 29 valence electrons. The first-order chi connectivity index (χ1) is 0. The standard InChI is InChI=1S/Cr.Cu.Mg.H2O.2H/h;;;1H2;;. The molecule has 0 saturated heterocycles. The van der Waals surface area contributed by atoms with Gasteiger partial charge in [0.1, 0.15) is 0 Å². The Labute approximate surface area is 62.6 Å². The van der Waals surface area contributed by atoms with Gasteiger partial charge in [-0.2, -0.15) is 0 Å². The molecule has 0 fully saturated rings. The average Bonchev–Trinajstić information content (AvgIpc) is 0. The van der Waals surface area contributed by atoms with Gasteiger partial charge in [0.25, 0.3) is 0 Å². The number of rotatable bonds is 0. The minimum Gasteiger partial charge on any atom is -0.412 e. The van der Waals surface area contributed by atoms with Crippen LogP contribution >= 0.6 is 0 Å². The van der Waals surface area contributed by atoms with Crippen molar-refractivity contribution in [1.29, 1.82) is 0 Å². The number of hydrogen-bond donors (Lipinski definition) is 0. The zero-order valence-electron chi connectivity index (χ0n) is 1.21. The quantitative estimate of drug-likeness (QED) is 0.376. The Kier molecular flexibility index (Phi) is 225. The van der Waals surface area contributed by atoms with E-state index in [1.165, 1.54) is 0 Å². The van der Waals surface area contributed by atoms with Crippen molar-refractivity contribution in [3.05, 3.63) is 0 Å². The van der Waals surface area contributed by atoms with Crippen molar-refractivity contribution < 1.29 is 39.9 Å². The summed E-state index contributed by atoms with van der Waals surface area (Å²) < 4.78 is 0. The van der Waals surface area contributed by atoms with Gasteiger partial charge in [-0.15, -0.1) is 0 Å². The van der Waals surface area contributed by atoms with E-state index in [4.69, 9.17) is 0 Å². The summed E-state index contributed by atoms with van der Waals surface area (Å²) in [5.74, 6) is 0. The van der Waals surface area contributed by atoms with E-state index in [2.05, 4.69) is 0 Å². The summed E-state index contributed by atoms with van der Waals surface area (Å²) in [5, 5.41) is 0. The minimum absolute atomic E-state index is 0. The van der Waals surface area contributed by atoms with Gasteiger partial charge >= 0.3 is 23.1 Å². The van der Waals surface area contributed by atoms with Crippen LogP contribution in [0.2, 0.25) is 0 Å². The molecule has 0 aliphatic heterocycles. The zero-order valence-corrected chi connectivity index (χ0v) is 3.43. The predicted molar refractivity (Wildman–Crippen MR) is 12.2 cm³/mol. The van der Waals surface area contributed by atoms with Gasteiger partial charge in [-0.1, -0.05) is 0 Å². The molecule has 0 rings (SSSR count). The third-order valence-electron chi connectivity index (χ3n) is 0. The Morgan fingerprint density at radius 2 is 1.00 bits per heavy atom. The van der Waals surface area contributed by atoms with E-state index in [-0.39, 0.29) is 63.0 Å². The molecule has 0 aliphatic carbocycles. The molecule has 0 atom stereocenters. The molecule has 1 nitrogen and oxygen atoms in total. The van der Waals surface area contributed by atoms with E-state index in [0.29, 0.717) is 0 Å². The normalized spacial score (nSPS) is 0. The van der Waals surface area contributed by atoms with Gasteiger partial charge in [0.05, 0.1) is 0 Å². The molecule has 0 aromatic heterocycles. The Hall–Kier alpha value is 1.78. The Bertz CT molecular complexity index is 8.00. The summed E-state index contributed by atoms with van der Waals surface area (Å²) in [5.41, 5.74) is 0. The van der Waals surface area contributed by atoms with Crippen LogP contribution in [0.5, 0.6) is 0 Å². The van der Waals surface area contributed by atoms with Crippen molar-refractivity contribution in [3.63, 3.8) is 0 Å². The maximum Gasteiger partial charge on any atom is 0.316 e. The Morgan fingerprint density at radius 3 is 1.00 bits per heavy atom. The molecule has 1 radical (unpaired) electrons. The fourth-order valence-electron chi connectivity index (χ4n) is 0. The first kappa shape index (κ1) is 41.7.